The van der Waals surface area contributed by atoms with Crippen molar-refractivity contribution in [2.75, 3.05) is 0 Å². The number of benzene rings is 6. The molecule has 6 aromatic carbocycles. The van der Waals surface area contributed by atoms with Gasteiger partial charge in [0.05, 0.1) is 5.52 Å². The quantitative estimate of drug-likeness (QED) is 0.164. The van der Waals surface area contributed by atoms with Crippen LogP contribution in [0.2, 0.25) is 5.28 Å². The molecule has 8 aromatic rings. The maximum absolute atomic E-state index is 6.63. The fourth-order valence-electron chi connectivity index (χ4n) is 6.62. The molecule has 8 rings (SSSR count). The van der Waals surface area contributed by atoms with E-state index < -0.39 is 8.07 Å². The van der Waals surface area contributed by atoms with Gasteiger partial charge in [-0.25, -0.2) is 4.98 Å². The van der Waals surface area contributed by atoms with Crippen LogP contribution in [-0.4, -0.2) is 28.0 Å². The van der Waals surface area contributed by atoms with Gasteiger partial charge in [0.15, 0.2) is 19.7 Å². The van der Waals surface area contributed by atoms with E-state index in [-0.39, 0.29) is 5.28 Å². The predicted octanol–water partition coefficient (Wildman–Crippen LogP) is 6.87. The molecule has 4 nitrogen and oxygen atoms in total. The molecule has 45 heavy (non-hydrogen) atoms. The van der Waals surface area contributed by atoms with Gasteiger partial charge in [-0.1, -0.05) is 146 Å². The van der Waals surface area contributed by atoms with E-state index in [9.17, 15) is 0 Å². The van der Waals surface area contributed by atoms with Gasteiger partial charge in [0.25, 0.3) is 0 Å². The van der Waals surface area contributed by atoms with E-state index in [2.05, 4.69) is 154 Å². The van der Waals surface area contributed by atoms with Crippen molar-refractivity contribution in [2.24, 2.45) is 0 Å². The number of aromatic nitrogens is 4. The van der Waals surface area contributed by atoms with Gasteiger partial charge in [0.2, 0.25) is 5.28 Å². The molecule has 1 N–H and O–H groups in total. The fourth-order valence-corrected chi connectivity index (χ4v) is 11.6. The molecule has 6 heteroatoms. The maximum Gasteiger partial charge on any atom is 0.226 e. The van der Waals surface area contributed by atoms with Crippen LogP contribution in [-0.2, 0) is 0 Å². The minimum atomic E-state index is -2.72. The summed E-state index contributed by atoms with van der Waals surface area (Å²) in [6, 6.07) is 55.8. The molecule has 2 heterocycles. The van der Waals surface area contributed by atoms with Crippen LogP contribution in [0, 0.1) is 0 Å². The van der Waals surface area contributed by atoms with Gasteiger partial charge < -0.3 is 4.98 Å². The van der Waals surface area contributed by atoms with Crippen LogP contribution in [0.25, 0.3) is 44.6 Å². The Morgan fingerprint density at radius 3 is 1.67 bits per heavy atom. The van der Waals surface area contributed by atoms with E-state index in [1.54, 1.807) is 0 Å². The Bertz CT molecular complexity index is 2190. The van der Waals surface area contributed by atoms with E-state index in [1.807, 2.05) is 18.2 Å². The summed E-state index contributed by atoms with van der Waals surface area (Å²) in [5, 5.41) is 7.59. The van der Waals surface area contributed by atoms with Gasteiger partial charge in [0, 0.05) is 27.4 Å². The van der Waals surface area contributed by atoms with Gasteiger partial charge in [-0.15, -0.1) is 0 Å². The van der Waals surface area contributed by atoms with Gasteiger partial charge >= 0.3 is 0 Å². The molecule has 0 atom stereocenters. The summed E-state index contributed by atoms with van der Waals surface area (Å²) in [6.07, 6.45) is 0. The van der Waals surface area contributed by atoms with Crippen molar-refractivity contribution in [3.8, 4) is 22.8 Å². The molecule has 0 unspecified atom stereocenters. The van der Waals surface area contributed by atoms with Crippen LogP contribution in [0.15, 0.2) is 158 Å². The second-order valence-corrected chi connectivity index (χ2v) is 15.2. The van der Waals surface area contributed by atoms with Crippen LogP contribution in [0.3, 0.4) is 0 Å². The second-order valence-electron chi connectivity index (χ2n) is 11.1. The molecular formula is C39H27ClN4Si. The topological polar surface area (TPSA) is 54.5 Å². The number of aromatic amines is 1. The highest BCUT2D eigenvalue weighted by molar-refractivity contribution is 7.19. The lowest BCUT2D eigenvalue weighted by molar-refractivity contribution is 1.07. The largest absolute Gasteiger partial charge is 0.354 e. The second kappa shape index (κ2) is 11.3. The number of nitrogens with one attached hydrogen (secondary N) is 1. The van der Waals surface area contributed by atoms with Crippen LogP contribution >= 0.6 is 11.6 Å². The standard InChI is InChI=1S/C39H27ClN4Si/c40-39-43-37(42-38(44-39)34-24-13-23-33-32-22-10-11-25-35(32)41-36(33)34)27-14-12-21-31(26-27)45(28-15-4-1-5-16-28,29-17-6-2-7-18-29)30-19-8-3-9-20-30/h1-26,41H. The minimum Gasteiger partial charge on any atom is -0.354 e. The van der Waals surface area contributed by atoms with Crippen LogP contribution in [0.4, 0.5) is 0 Å². The fraction of sp³-hybridized carbons (Fsp3) is 0. The highest BCUT2D eigenvalue weighted by Crippen LogP contribution is 2.32. The van der Waals surface area contributed by atoms with E-state index in [4.69, 9.17) is 16.6 Å². The zero-order chi connectivity index (χ0) is 30.2. The van der Waals surface area contributed by atoms with Crippen molar-refractivity contribution in [1.29, 1.82) is 0 Å². The smallest absolute Gasteiger partial charge is 0.226 e. The lowest BCUT2D eigenvalue weighted by Crippen LogP contribution is -2.74. The molecule has 0 bridgehead atoms. The Morgan fingerprint density at radius 2 is 1.00 bits per heavy atom. The molecule has 2 aromatic heterocycles. The van der Waals surface area contributed by atoms with Gasteiger partial charge in [-0.2, -0.15) is 9.97 Å². The number of hydrogen-bond donors (Lipinski definition) is 1. The first kappa shape index (κ1) is 27.2. The number of hydrogen-bond acceptors (Lipinski definition) is 3. The Balaban J connectivity index is 1.34. The first-order valence-electron chi connectivity index (χ1n) is 14.9. The Morgan fingerprint density at radius 1 is 0.467 bits per heavy atom. The van der Waals surface area contributed by atoms with Gasteiger partial charge in [0.1, 0.15) is 0 Å². The molecule has 0 radical (unpaired) electrons. The summed E-state index contributed by atoms with van der Waals surface area (Å²) < 4.78 is 0. The average molecular weight is 615 g/mol. The van der Waals surface area contributed by atoms with Gasteiger partial charge in [-0.3, -0.25) is 0 Å². The van der Waals surface area contributed by atoms with Crippen molar-refractivity contribution in [1.82, 2.24) is 19.9 Å². The van der Waals surface area contributed by atoms with Crippen molar-refractivity contribution in [3.05, 3.63) is 163 Å². The van der Waals surface area contributed by atoms with E-state index in [0.717, 1.165) is 32.9 Å². The van der Waals surface area contributed by atoms with Crippen molar-refractivity contribution in [2.45, 2.75) is 0 Å². The van der Waals surface area contributed by atoms with Crippen molar-refractivity contribution < 1.29 is 0 Å². The molecule has 0 saturated heterocycles. The molecule has 0 aliphatic carbocycles. The van der Waals surface area contributed by atoms with E-state index >= 15 is 0 Å². The summed E-state index contributed by atoms with van der Waals surface area (Å²) >= 11 is 6.63. The maximum atomic E-state index is 6.63. The number of nitrogens with zero attached hydrogens (tertiary/aromatic N) is 3. The number of para-hydroxylation sites is 2. The SMILES string of the molecule is Clc1nc(-c2cccc([Si](c3ccccc3)(c3ccccc3)c3ccccc3)c2)nc(-c2cccc3c2[nH]c2ccccc23)n1. The summed E-state index contributed by atoms with van der Waals surface area (Å²) in [5.74, 6) is 1.07. The van der Waals surface area contributed by atoms with Crippen molar-refractivity contribution >= 4 is 62.2 Å². The normalized spacial score (nSPS) is 11.7. The first-order chi connectivity index (χ1) is 22.2. The molecule has 0 amide bonds. The zero-order valence-corrected chi connectivity index (χ0v) is 26.0. The van der Waals surface area contributed by atoms with Gasteiger partial charge in [-0.05, 0) is 44.5 Å². The number of halogens is 1. The van der Waals surface area contributed by atoms with E-state index in [1.165, 1.54) is 20.7 Å². The monoisotopic (exact) mass is 614 g/mol. The predicted molar refractivity (Wildman–Crippen MR) is 189 cm³/mol. The molecular weight excluding hydrogens is 588 g/mol. The highest BCUT2D eigenvalue weighted by atomic mass is 35.5. The lowest BCUT2D eigenvalue weighted by Gasteiger charge is -2.34. The summed E-state index contributed by atoms with van der Waals surface area (Å²) in [7, 11) is -2.72. The minimum absolute atomic E-state index is 0.159. The Labute approximate surface area is 267 Å². The lowest BCUT2D eigenvalue weighted by atomic mass is 10.1. The molecule has 0 fully saturated rings. The number of rotatable bonds is 6. The summed E-state index contributed by atoms with van der Waals surface area (Å²) in [4.78, 5) is 17.8. The summed E-state index contributed by atoms with van der Waals surface area (Å²) in [6.45, 7) is 0. The number of H-pyrrole nitrogens is 1. The van der Waals surface area contributed by atoms with Crippen LogP contribution < -0.4 is 20.7 Å². The Kier molecular flexibility index (Phi) is 6.82. The number of fused-ring (bicyclic) bond motifs is 3. The highest BCUT2D eigenvalue weighted by Gasteiger charge is 2.41. The third-order valence-electron chi connectivity index (χ3n) is 8.56. The van der Waals surface area contributed by atoms with E-state index in [0.29, 0.717) is 11.6 Å². The molecule has 0 spiro atoms. The first-order valence-corrected chi connectivity index (χ1v) is 17.3. The summed E-state index contributed by atoms with van der Waals surface area (Å²) in [5.41, 5.74) is 3.81. The zero-order valence-electron chi connectivity index (χ0n) is 24.2. The molecule has 0 aliphatic heterocycles. The van der Waals surface area contributed by atoms with Crippen molar-refractivity contribution in [3.63, 3.8) is 0 Å². The molecule has 214 valence electrons. The molecule has 0 saturated carbocycles. The van der Waals surface area contributed by atoms with Crippen LogP contribution in [0.1, 0.15) is 0 Å². The third kappa shape index (κ3) is 4.65. The Hall–Kier alpha value is -5.36. The average Bonchev–Trinajstić information content (AvgIpc) is 3.49. The third-order valence-corrected chi connectivity index (χ3v) is 13.5. The van der Waals surface area contributed by atoms with Crippen LogP contribution in [0.5, 0.6) is 0 Å². The molecule has 0 aliphatic rings.